The van der Waals surface area contributed by atoms with Crippen LogP contribution in [0.15, 0.2) is 41.4 Å². The van der Waals surface area contributed by atoms with Gasteiger partial charge >= 0.3 is 0 Å². The summed E-state index contributed by atoms with van der Waals surface area (Å²) in [6.07, 6.45) is 1.22. The average molecular weight is 295 g/mol. The van der Waals surface area contributed by atoms with Gasteiger partial charge in [0.25, 0.3) is 0 Å². The second-order valence-electron chi connectivity index (χ2n) is 4.85. The van der Waals surface area contributed by atoms with E-state index >= 15 is 0 Å². The van der Waals surface area contributed by atoms with E-state index in [9.17, 15) is 8.42 Å². The van der Waals surface area contributed by atoms with Gasteiger partial charge < -0.3 is 11.1 Å². The molecule has 3 N–H and O–H groups in total. The van der Waals surface area contributed by atoms with Gasteiger partial charge in [0.1, 0.15) is 0 Å². The molecule has 1 aromatic rings. The Morgan fingerprint density at radius 3 is 2.50 bits per heavy atom. The quantitative estimate of drug-likeness (QED) is 0.469. The fraction of sp³-hybridized carbons (Fsp3) is 0.357. The van der Waals surface area contributed by atoms with Gasteiger partial charge in [0.15, 0.2) is 15.8 Å². The first-order chi connectivity index (χ1) is 9.28. The fourth-order valence-electron chi connectivity index (χ4n) is 1.60. The SMILES string of the molecule is C=C(C)CNC(N)=NCc1ccccc1CS(C)(=O)=O. The number of rotatable bonds is 6. The number of hydrogen-bond acceptors (Lipinski definition) is 3. The summed E-state index contributed by atoms with van der Waals surface area (Å²) in [5.41, 5.74) is 8.30. The Kier molecular flexibility index (Phi) is 5.76. The number of guanidine groups is 1. The highest BCUT2D eigenvalue weighted by Crippen LogP contribution is 2.13. The molecule has 5 nitrogen and oxygen atoms in total. The zero-order valence-corrected chi connectivity index (χ0v) is 12.7. The lowest BCUT2D eigenvalue weighted by atomic mass is 10.1. The van der Waals surface area contributed by atoms with Crippen LogP contribution in [-0.4, -0.2) is 27.2 Å². The Balaban J connectivity index is 2.77. The van der Waals surface area contributed by atoms with E-state index in [4.69, 9.17) is 5.73 Å². The third-order valence-electron chi connectivity index (χ3n) is 2.53. The molecule has 0 unspecified atom stereocenters. The van der Waals surface area contributed by atoms with Crippen LogP contribution >= 0.6 is 0 Å². The minimum Gasteiger partial charge on any atom is -0.370 e. The summed E-state index contributed by atoms with van der Waals surface area (Å²) >= 11 is 0. The number of hydrogen-bond donors (Lipinski definition) is 2. The Bertz CT molecular complexity index is 607. The molecule has 0 spiro atoms. The van der Waals surface area contributed by atoms with Crippen LogP contribution < -0.4 is 11.1 Å². The van der Waals surface area contributed by atoms with E-state index in [0.29, 0.717) is 19.0 Å². The summed E-state index contributed by atoms with van der Waals surface area (Å²) in [7, 11) is -3.07. The Morgan fingerprint density at radius 1 is 1.35 bits per heavy atom. The molecule has 0 aliphatic heterocycles. The highest BCUT2D eigenvalue weighted by Gasteiger charge is 2.08. The highest BCUT2D eigenvalue weighted by molar-refractivity contribution is 7.89. The maximum atomic E-state index is 11.4. The van der Waals surface area contributed by atoms with Gasteiger partial charge in [-0.2, -0.15) is 0 Å². The largest absolute Gasteiger partial charge is 0.370 e. The molecule has 0 bridgehead atoms. The molecule has 0 heterocycles. The molecule has 1 rings (SSSR count). The number of benzene rings is 1. The molecular formula is C14H21N3O2S. The van der Waals surface area contributed by atoms with E-state index in [2.05, 4.69) is 16.9 Å². The van der Waals surface area contributed by atoms with Crippen LogP contribution in [0.2, 0.25) is 0 Å². The molecule has 0 saturated heterocycles. The summed E-state index contributed by atoms with van der Waals surface area (Å²) < 4.78 is 22.8. The van der Waals surface area contributed by atoms with Gasteiger partial charge in [-0.25, -0.2) is 13.4 Å². The van der Waals surface area contributed by atoms with Gasteiger partial charge in [0, 0.05) is 12.8 Å². The van der Waals surface area contributed by atoms with Crippen LogP contribution in [0.5, 0.6) is 0 Å². The lowest BCUT2D eigenvalue weighted by Crippen LogP contribution is -2.32. The molecule has 0 fully saturated rings. The van der Waals surface area contributed by atoms with Gasteiger partial charge in [0.2, 0.25) is 0 Å². The maximum absolute atomic E-state index is 11.4. The standard InChI is InChI=1S/C14H21N3O2S/c1-11(2)8-16-14(15)17-9-12-6-4-5-7-13(12)10-20(3,18)19/h4-7H,1,8-10H2,2-3H3,(H3,15,16,17). The van der Waals surface area contributed by atoms with Crippen molar-refractivity contribution in [1.82, 2.24) is 5.32 Å². The van der Waals surface area contributed by atoms with Crippen LogP contribution in [0, 0.1) is 0 Å². The van der Waals surface area contributed by atoms with Crippen molar-refractivity contribution in [2.45, 2.75) is 19.2 Å². The minimum atomic E-state index is -3.07. The monoisotopic (exact) mass is 295 g/mol. The van der Waals surface area contributed by atoms with Crippen LogP contribution in [0.1, 0.15) is 18.1 Å². The van der Waals surface area contributed by atoms with Crippen LogP contribution in [0.25, 0.3) is 0 Å². The summed E-state index contributed by atoms with van der Waals surface area (Å²) in [6, 6.07) is 7.32. The van der Waals surface area contributed by atoms with Gasteiger partial charge in [0.05, 0.1) is 12.3 Å². The first-order valence-electron chi connectivity index (χ1n) is 6.20. The molecule has 110 valence electrons. The Hall–Kier alpha value is -1.82. The van der Waals surface area contributed by atoms with E-state index in [-0.39, 0.29) is 5.75 Å². The predicted molar refractivity (Wildman–Crippen MR) is 83.1 cm³/mol. The zero-order valence-electron chi connectivity index (χ0n) is 11.9. The predicted octanol–water partition coefficient (Wildman–Crippen LogP) is 1.21. The zero-order chi connectivity index (χ0) is 15.2. The summed E-state index contributed by atoms with van der Waals surface area (Å²) in [5, 5.41) is 2.93. The second kappa shape index (κ2) is 7.09. The number of nitrogens with two attached hydrogens (primary N) is 1. The smallest absolute Gasteiger partial charge is 0.189 e. The molecule has 6 heteroatoms. The summed E-state index contributed by atoms with van der Waals surface area (Å²) in [5.74, 6) is 0.333. The van der Waals surface area contributed by atoms with E-state index in [1.807, 2.05) is 25.1 Å². The van der Waals surface area contributed by atoms with Crippen LogP contribution in [0.4, 0.5) is 0 Å². The topological polar surface area (TPSA) is 84.5 Å². The first-order valence-corrected chi connectivity index (χ1v) is 8.26. The van der Waals surface area contributed by atoms with Crippen LogP contribution in [0.3, 0.4) is 0 Å². The molecule has 0 aliphatic carbocycles. The van der Waals surface area contributed by atoms with E-state index in [1.165, 1.54) is 6.26 Å². The number of nitrogens with one attached hydrogen (secondary N) is 1. The number of aliphatic imine (C=N–C) groups is 1. The molecule has 0 saturated carbocycles. The lowest BCUT2D eigenvalue weighted by Gasteiger charge is -2.08. The number of sulfone groups is 1. The molecule has 0 radical (unpaired) electrons. The molecule has 1 aromatic carbocycles. The van der Waals surface area contributed by atoms with E-state index in [1.54, 1.807) is 6.07 Å². The van der Waals surface area contributed by atoms with E-state index in [0.717, 1.165) is 16.7 Å². The lowest BCUT2D eigenvalue weighted by molar-refractivity contribution is 0.601. The maximum Gasteiger partial charge on any atom is 0.189 e. The minimum absolute atomic E-state index is 0.0117. The highest BCUT2D eigenvalue weighted by atomic mass is 32.2. The second-order valence-corrected chi connectivity index (χ2v) is 6.99. The third-order valence-corrected chi connectivity index (χ3v) is 3.36. The van der Waals surface area contributed by atoms with Crippen molar-refractivity contribution in [3.63, 3.8) is 0 Å². The molecule has 20 heavy (non-hydrogen) atoms. The van der Waals surface area contributed by atoms with Gasteiger partial charge in [-0.1, -0.05) is 36.4 Å². The molecular weight excluding hydrogens is 274 g/mol. The van der Waals surface area contributed by atoms with Crippen molar-refractivity contribution in [2.24, 2.45) is 10.7 Å². The molecule has 0 atom stereocenters. The first kappa shape index (κ1) is 16.2. The van der Waals surface area contributed by atoms with Crippen molar-refractivity contribution in [1.29, 1.82) is 0 Å². The van der Waals surface area contributed by atoms with E-state index < -0.39 is 9.84 Å². The van der Waals surface area contributed by atoms with Gasteiger partial charge in [-0.05, 0) is 18.1 Å². The van der Waals surface area contributed by atoms with Crippen molar-refractivity contribution >= 4 is 15.8 Å². The molecule has 0 aromatic heterocycles. The third kappa shape index (κ3) is 6.38. The fourth-order valence-corrected chi connectivity index (χ4v) is 2.45. The number of nitrogens with zero attached hydrogens (tertiary/aromatic N) is 1. The van der Waals surface area contributed by atoms with Gasteiger partial charge in [-0.3, -0.25) is 0 Å². The molecule has 0 aliphatic rings. The summed E-state index contributed by atoms with van der Waals surface area (Å²) in [4.78, 5) is 4.20. The molecule has 0 amide bonds. The van der Waals surface area contributed by atoms with Crippen molar-refractivity contribution in [3.8, 4) is 0 Å². The van der Waals surface area contributed by atoms with Gasteiger partial charge in [-0.15, -0.1) is 0 Å². The van der Waals surface area contributed by atoms with Crippen molar-refractivity contribution in [2.75, 3.05) is 12.8 Å². The summed E-state index contributed by atoms with van der Waals surface area (Å²) in [6.45, 7) is 6.57. The Labute approximate surface area is 120 Å². The van der Waals surface area contributed by atoms with Crippen LogP contribution in [-0.2, 0) is 22.1 Å². The van der Waals surface area contributed by atoms with Crippen molar-refractivity contribution in [3.05, 3.63) is 47.5 Å². The normalized spacial score (nSPS) is 12.2. The van der Waals surface area contributed by atoms with Crippen molar-refractivity contribution < 1.29 is 8.42 Å². The average Bonchev–Trinajstić information content (AvgIpc) is 2.33. The Morgan fingerprint density at radius 2 is 1.95 bits per heavy atom.